The minimum Gasteiger partial charge on any atom is -0.497 e. The molecule has 168 valence electrons. The van der Waals surface area contributed by atoms with Crippen LogP contribution in [0.3, 0.4) is 0 Å². The van der Waals surface area contributed by atoms with Crippen molar-refractivity contribution in [3.8, 4) is 11.5 Å². The lowest BCUT2D eigenvalue weighted by Gasteiger charge is -2.06. The molecule has 0 aliphatic rings. The normalized spacial score (nSPS) is 10.5. The van der Waals surface area contributed by atoms with E-state index in [9.17, 15) is 14.4 Å². The van der Waals surface area contributed by atoms with Gasteiger partial charge in [-0.1, -0.05) is 17.7 Å². The van der Waals surface area contributed by atoms with E-state index in [1.165, 1.54) is 13.3 Å². The summed E-state index contributed by atoms with van der Waals surface area (Å²) < 4.78 is 10.4. The third-order valence-corrected chi connectivity index (χ3v) is 4.51. The number of hydrogen-bond acceptors (Lipinski definition) is 6. The maximum atomic E-state index is 12.2. The largest absolute Gasteiger partial charge is 0.497 e. The summed E-state index contributed by atoms with van der Waals surface area (Å²) >= 11 is 0. The van der Waals surface area contributed by atoms with Crippen LogP contribution in [0.5, 0.6) is 11.5 Å². The number of methoxy groups -OCH3 is 1. The molecule has 3 aromatic rings. The molecule has 0 bridgehead atoms. The minimum absolute atomic E-state index is 0.226. The Labute approximate surface area is 191 Å². The maximum Gasteiger partial charge on any atom is 0.343 e. The molecule has 0 aliphatic carbocycles. The number of esters is 1. The van der Waals surface area contributed by atoms with E-state index < -0.39 is 11.9 Å². The molecule has 2 amide bonds. The first-order chi connectivity index (χ1) is 15.9. The van der Waals surface area contributed by atoms with Crippen molar-refractivity contribution >= 4 is 24.0 Å². The Morgan fingerprint density at radius 1 is 0.909 bits per heavy atom. The Hall–Kier alpha value is -4.46. The van der Waals surface area contributed by atoms with Crippen molar-refractivity contribution in [2.45, 2.75) is 6.92 Å². The molecule has 3 aromatic carbocycles. The molecule has 0 spiro atoms. The number of amides is 2. The van der Waals surface area contributed by atoms with Gasteiger partial charge in [-0.15, -0.1) is 0 Å². The second-order valence-electron chi connectivity index (χ2n) is 7.03. The molecule has 0 radical (unpaired) electrons. The summed E-state index contributed by atoms with van der Waals surface area (Å²) in [6.45, 7) is 1.68. The van der Waals surface area contributed by atoms with Crippen molar-refractivity contribution in [3.63, 3.8) is 0 Å². The third kappa shape index (κ3) is 7.03. The highest BCUT2D eigenvalue weighted by Crippen LogP contribution is 2.14. The molecule has 0 saturated heterocycles. The second-order valence-corrected chi connectivity index (χ2v) is 7.03. The average molecular weight is 445 g/mol. The summed E-state index contributed by atoms with van der Waals surface area (Å²) in [5.41, 5.74) is 4.89. The zero-order valence-corrected chi connectivity index (χ0v) is 18.2. The van der Waals surface area contributed by atoms with Gasteiger partial charge in [-0.2, -0.15) is 5.10 Å². The fourth-order valence-corrected chi connectivity index (χ4v) is 2.78. The van der Waals surface area contributed by atoms with Gasteiger partial charge in [0.25, 0.3) is 11.8 Å². The van der Waals surface area contributed by atoms with Gasteiger partial charge in [0.1, 0.15) is 11.5 Å². The molecule has 8 heteroatoms. The molecule has 33 heavy (non-hydrogen) atoms. The van der Waals surface area contributed by atoms with Gasteiger partial charge in [-0.3, -0.25) is 9.59 Å². The summed E-state index contributed by atoms with van der Waals surface area (Å²) in [6, 6.07) is 20.3. The first kappa shape index (κ1) is 23.2. The van der Waals surface area contributed by atoms with Gasteiger partial charge in [-0.25, -0.2) is 10.2 Å². The van der Waals surface area contributed by atoms with Crippen LogP contribution in [0.15, 0.2) is 77.9 Å². The van der Waals surface area contributed by atoms with Crippen LogP contribution in [0.4, 0.5) is 0 Å². The Balaban J connectivity index is 1.44. The molecular weight excluding hydrogens is 422 g/mol. The van der Waals surface area contributed by atoms with Crippen molar-refractivity contribution in [1.82, 2.24) is 10.7 Å². The van der Waals surface area contributed by atoms with E-state index in [1.54, 1.807) is 66.7 Å². The summed E-state index contributed by atoms with van der Waals surface area (Å²) in [7, 11) is 1.54. The topological polar surface area (TPSA) is 106 Å². The van der Waals surface area contributed by atoms with E-state index in [1.807, 2.05) is 13.0 Å². The molecular formula is C25H23N3O5. The van der Waals surface area contributed by atoms with Crippen molar-refractivity contribution in [2.24, 2.45) is 5.10 Å². The lowest BCUT2D eigenvalue weighted by atomic mass is 10.1. The standard InChI is InChI=1S/C25H23N3O5/c1-17-4-3-5-20(14-17)25(31)33-22-10-6-18(7-11-22)15-27-28-23(29)16-26-24(30)19-8-12-21(32-2)13-9-19/h3-15H,16H2,1-2H3,(H,26,30)(H,28,29)/b27-15+. The van der Waals surface area contributed by atoms with Crippen LogP contribution in [0.1, 0.15) is 31.8 Å². The summed E-state index contributed by atoms with van der Waals surface area (Å²) in [6.07, 6.45) is 1.44. The minimum atomic E-state index is -0.475. The summed E-state index contributed by atoms with van der Waals surface area (Å²) in [5.74, 6) is -0.270. The van der Waals surface area contributed by atoms with Gasteiger partial charge in [0.05, 0.1) is 25.4 Å². The Morgan fingerprint density at radius 2 is 1.61 bits per heavy atom. The molecule has 0 atom stereocenters. The molecule has 2 N–H and O–H groups in total. The Bertz CT molecular complexity index is 1160. The van der Waals surface area contributed by atoms with E-state index in [0.29, 0.717) is 28.2 Å². The predicted octanol–water partition coefficient (Wildman–Crippen LogP) is 3.10. The van der Waals surface area contributed by atoms with Crippen molar-refractivity contribution in [3.05, 3.63) is 95.1 Å². The van der Waals surface area contributed by atoms with Crippen LogP contribution >= 0.6 is 0 Å². The second kappa shape index (κ2) is 11.2. The van der Waals surface area contributed by atoms with Crippen molar-refractivity contribution in [2.75, 3.05) is 13.7 Å². The number of nitrogens with one attached hydrogen (secondary N) is 2. The zero-order chi connectivity index (χ0) is 23.6. The first-order valence-corrected chi connectivity index (χ1v) is 10.1. The van der Waals surface area contributed by atoms with Gasteiger partial charge in [0.2, 0.25) is 0 Å². The summed E-state index contributed by atoms with van der Waals surface area (Å²) in [5, 5.41) is 6.38. The Kier molecular flexibility index (Phi) is 7.91. The van der Waals surface area contributed by atoms with Gasteiger partial charge in [0.15, 0.2) is 0 Å². The monoisotopic (exact) mass is 445 g/mol. The lowest BCUT2D eigenvalue weighted by molar-refractivity contribution is -0.120. The fraction of sp³-hybridized carbons (Fsp3) is 0.120. The SMILES string of the molecule is COc1ccc(C(=O)NCC(=O)N/N=C/c2ccc(OC(=O)c3cccc(C)c3)cc2)cc1. The number of carbonyl (C=O) groups excluding carboxylic acids is 3. The van der Waals surface area contributed by atoms with Crippen molar-refractivity contribution < 1.29 is 23.9 Å². The molecule has 0 fully saturated rings. The highest BCUT2D eigenvalue weighted by atomic mass is 16.5. The van der Waals surface area contributed by atoms with E-state index >= 15 is 0 Å². The van der Waals surface area contributed by atoms with Gasteiger partial charge < -0.3 is 14.8 Å². The smallest absolute Gasteiger partial charge is 0.343 e. The number of hydrogen-bond donors (Lipinski definition) is 2. The Morgan fingerprint density at radius 3 is 2.27 bits per heavy atom. The highest BCUT2D eigenvalue weighted by molar-refractivity contribution is 5.96. The number of hydrazone groups is 1. The van der Waals surface area contributed by atoms with Gasteiger partial charge in [-0.05, 0) is 73.2 Å². The van der Waals surface area contributed by atoms with E-state index in [2.05, 4.69) is 15.8 Å². The van der Waals surface area contributed by atoms with Gasteiger partial charge >= 0.3 is 5.97 Å². The van der Waals surface area contributed by atoms with Crippen LogP contribution in [0, 0.1) is 6.92 Å². The molecule has 3 rings (SSSR count). The molecule has 0 aliphatic heterocycles. The van der Waals surface area contributed by atoms with Crippen LogP contribution in [-0.4, -0.2) is 37.7 Å². The number of aryl methyl sites for hydroxylation is 1. The zero-order valence-electron chi connectivity index (χ0n) is 18.2. The van der Waals surface area contributed by atoms with E-state index in [4.69, 9.17) is 9.47 Å². The molecule has 0 saturated carbocycles. The van der Waals surface area contributed by atoms with Crippen LogP contribution in [-0.2, 0) is 4.79 Å². The average Bonchev–Trinajstić information content (AvgIpc) is 2.83. The maximum absolute atomic E-state index is 12.2. The third-order valence-electron chi connectivity index (χ3n) is 4.51. The van der Waals surface area contributed by atoms with Crippen LogP contribution < -0.4 is 20.2 Å². The number of carbonyl (C=O) groups is 3. The van der Waals surface area contributed by atoms with E-state index in [-0.39, 0.29) is 12.5 Å². The number of nitrogens with zero attached hydrogens (tertiary/aromatic N) is 1. The van der Waals surface area contributed by atoms with Gasteiger partial charge in [0, 0.05) is 5.56 Å². The number of benzene rings is 3. The number of rotatable bonds is 8. The lowest BCUT2D eigenvalue weighted by Crippen LogP contribution is -2.34. The van der Waals surface area contributed by atoms with E-state index in [0.717, 1.165) is 5.56 Å². The first-order valence-electron chi connectivity index (χ1n) is 10.1. The molecule has 0 unspecified atom stereocenters. The molecule has 8 nitrogen and oxygen atoms in total. The summed E-state index contributed by atoms with van der Waals surface area (Å²) in [4.78, 5) is 36.1. The quantitative estimate of drug-likeness (QED) is 0.240. The predicted molar refractivity (Wildman–Crippen MR) is 124 cm³/mol. The molecule has 0 aromatic heterocycles. The van der Waals surface area contributed by atoms with Crippen LogP contribution in [0.25, 0.3) is 0 Å². The number of ether oxygens (including phenoxy) is 2. The van der Waals surface area contributed by atoms with Crippen molar-refractivity contribution in [1.29, 1.82) is 0 Å². The fourth-order valence-electron chi connectivity index (χ4n) is 2.78. The molecule has 0 heterocycles. The van der Waals surface area contributed by atoms with Crippen LogP contribution in [0.2, 0.25) is 0 Å². The highest BCUT2D eigenvalue weighted by Gasteiger charge is 2.09.